The predicted molar refractivity (Wildman–Crippen MR) is 110 cm³/mol. The largest absolute Gasteiger partial charge is 0.355 e. The van der Waals surface area contributed by atoms with Gasteiger partial charge in [0.25, 0.3) is 0 Å². The van der Waals surface area contributed by atoms with Crippen LogP contribution in [0.15, 0.2) is 36.4 Å². The number of amides is 1. The second-order valence-electron chi connectivity index (χ2n) is 7.77. The molecule has 3 heterocycles. The molecule has 2 saturated heterocycles. The zero-order valence-electron chi connectivity index (χ0n) is 15.8. The van der Waals surface area contributed by atoms with E-state index in [0.29, 0.717) is 26.3 Å². The Bertz CT molecular complexity index is 1040. The molecule has 0 radical (unpaired) electrons. The number of aromatic nitrogens is 1. The van der Waals surface area contributed by atoms with E-state index in [1.165, 1.54) is 0 Å². The smallest absolute Gasteiger partial charge is 0.229 e. The molecule has 0 bridgehead atoms. The number of nitrogens with one attached hydrogen (secondary N) is 1. The molecule has 146 valence electrons. The normalized spacial score (nSPS) is 20.3. The van der Waals surface area contributed by atoms with Gasteiger partial charge < -0.3 is 19.4 Å². The van der Waals surface area contributed by atoms with Crippen molar-refractivity contribution in [1.29, 1.82) is 0 Å². The van der Waals surface area contributed by atoms with E-state index in [1.54, 1.807) is 0 Å². The highest BCUT2D eigenvalue weighted by molar-refractivity contribution is 6.31. The SMILES string of the molecule is C[C@H](C(=O)N1CCC2(CC1)OCCO2)c1ccc2c(c1)[nH]c1ccc(Cl)cc12. The van der Waals surface area contributed by atoms with E-state index in [1.807, 2.05) is 36.1 Å². The summed E-state index contributed by atoms with van der Waals surface area (Å²) in [7, 11) is 0. The number of hydrogen-bond acceptors (Lipinski definition) is 3. The molecule has 1 atom stereocenters. The van der Waals surface area contributed by atoms with E-state index in [4.69, 9.17) is 21.1 Å². The molecule has 28 heavy (non-hydrogen) atoms. The number of rotatable bonds is 2. The number of fused-ring (bicyclic) bond motifs is 3. The number of piperidine rings is 1. The first-order chi connectivity index (χ1) is 13.5. The van der Waals surface area contributed by atoms with E-state index >= 15 is 0 Å². The van der Waals surface area contributed by atoms with E-state index in [2.05, 4.69) is 17.1 Å². The number of benzene rings is 2. The minimum atomic E-state index is -0.454. The highest BCUT2D eigenvalue weighted by Gasteiger charge is 2.41. The molecule has 5 nitrogen and oxygen atoms in total. The molecule has 2 aliphatic rings. The van der Waals surface area contributed by atoms with Crippen LogP contribution in [0, 0.1) is 0 Å². The van der Waals surface area contributed by atoms with Crippen LogP contribution in [0.5, 0.6) is 0 Å². The second kappa shape index (κ2) is 6.76. The van der Waals surface area contributed by atoms with Crippen molar-refractivity contribution in [3.8, 4) is 0 Å². The zero-order chi connectivity index (χ0) is 19.3. The molecular weight excluding hydrogens is 376 g/mol. The summed E-state index contributed by atoms with van der Waals surface area (Å²) < 4.78 is 11.5. The lowest BCUT2D eigenvalue weighted by Gasteiger charge is -2.38. The maximum atomic E-state index is 13.1. The maximum absolute atomic E-state index is 13.1. The van der Waals surface area contributed by atoms with Gasteiger partial charge >= 0.3 is 0 Å². The van der Waals surface area contributed by atoms with Gasteiger partial charge in [-0.3, -0.25) is 4.79 Å². The fourth-order valence-corrected chi connectivity index (χ4v) is 4.60. The Balaban J connectivity index is 1.37. The van der Waals surface area contributed by atoms with Crippen LogP contribution in [-0.4, -0.2) is 47.9 Å². The maximum Gasteiger partial charge on any atom is 0.229 e. The van der Waals surface area contributed by atoms with Crippen LogP contribution in [0.1, 0.15) is 31.2 Å². The van der Waals surface area contributed by atoms with E-state index in [-0.39, 0.29) is 11.8 Å². The number of ether oxygens (including phenoxy) is 2. The summed E-state index contributed by atoms with van der Waals surface area (Å²) in [5.41, 5.74) is 3.09. The molecule has 1 amide bonds. The van der Waals surface area contributed by atoms with Crippen LogP contribution in [0.2, 0.25) is 5.02 Å². The van der Waals surface area contributed by atoms with Gasteiger partial charge in [0.15, 0.2) is 5.79 Å². The molecule has 2 aromatic carbocycles. The van der Waals surface area contributed by atoms with Crippen molar-refractivity contribution in [2.75, 3.05) is 26.3 Å². The van der Waals surface area contributed by atoms with E-state index in [0.717, 1.165) is 45.2 Å². The van der Waals surface area contributed by atoms with E-state index in [9.17, 15) is 4.79 Å². The average Bonchev–Trinajstić information content (AvgIpc) is 3.31. The topological polar surface area (TPSA) is 54.6 Å². The number of carbonyl (C=O) groups excluding carboxylic acids is 1. The highest BCUT2D eigenvalue weighted by atomic mass is 35.5. The Morgan fingerprint density at radius 2 is 1.82 bits per heavy atom. The number of likely N-dealkylation sites (tertiary alicyclic amines) is 1. The van der Waals surface area contributed by atoms with Gasteiger partial charge in [0.05, 0.1) is 19.1 Å². The summed E-state index contributed by atoms with van der Waals surface area (Å²) >= 11 is 6.15. The summed E-state index contributed by atoms with van der Waals surface area (Å²) in [6.07, 6.45) is 1.49. The van der Waals surface area contributed by atoms with Crippen LogP contribution in [-0.2, 0) is 14.3 Å². The molecule has 0 unspecified atom stereocenters. The van der Waals surface area contributed by atoms with Crippen LogP contribution >= 0.6 is 11.6 Å². The molecule has 5 rings (SSSR count). The number of H-pyrrole nitrogens is 1. The van der Waals surface area contributed by atoms with Gasteiger partial charge in [-0.15, -0.1) is 0 Å². The van der Waals surface area contributed by atoms with Crippen molar-refractivity contribution in [3.63, 3.8) is 0 Å². The number of carbonyl (C=O) groups is 1. The fourth-order valence-electron chi connectivity index (χ4n) is 4.43. The fraction of sp³-hybridized carbons (Fsp3) is 0.409. The van der Waals surface area contributed by atoms with Crippen molar-refractivity contribution >= 4 is 39.3 Å². The minimum Gasteiger partial charge on any atom is -0.355 e. The Morgan fingerprint density at radius 1 is 1.07 bits per heavy atom. The van der Waals surface area contributed by atoms with Gasteiger partial charge in [0.1, 0.15) is 0 Å². The van der Waals surface area contributed by atoms with Crippen LogP contribution in [0.3, 0.4) is 0 Å². The van der Waals surface area contributed by atoms with Gasteiger partial charge in [0, 0.05) is 52.8 Å². The molecule has 6 heteroatoms. The zero-order valence-corrected chi connectivity index (χ0v) is 16.6. The first kappa shape index (κ1) is 18.0. The molecule has 3 aromatic rings. The van der Waals surface area contributed by atoms with Crippen LogP contribution in [0.4, 0.5) is 0 Å². The Hall–Kier alpha value is -2.08. The Labute approximate surface area is 168 Å². The third-order valence-corrected chi connectivity index (χ3v) is 6.34. The van der Waals surface area contributed by atoms with Gasteiger partial charge in [0.2, 0.25) is 5.91 Å². The molecule has 0 aliphatic carbocycles. The molecule has 1 N–H and O–H groups in total. The second-order valence-corrected chi connectivity index (χ2v) is 8.21. The average molecular weight is 399 g/mol. The molecule has 1 aromatic heterocycles. The monoisotopic (exact) mass is 398 g/mol. The third kappa shape index (κ3) is 2.98. The lowest BCUT2D eigenvalue weighted by atomic mass is 9.96. The van der Waals surface area contributed by atoms with Crippen molar-refractivity contribution in [1.82, 2.24) is 9.88 Å². The summed E-state index contributed by atoms with van der Waals surface area (Å²) in [6, 6.07) is 12.1. The van der Waals surface area contributed by atoms with Crippen molar-refractivity contribution in [2.45, 2.75) is 31.5 Å². The summed E-state index contributed by atoms with van der Waals surface area (Å²) in [5.74, 6) is -0.491. The standard InChI is InChI=1S/C22H23ClN2O3/c1-14(21(26)25-8-6-22(7-9-25)27-10-11-28-22)15-2-4-17-18-13-16(23)3-5-19(18)24-20(17)12-15/h2-5,12-14,24H,6-11H2,1H3/t14-/m0/s1. The number of aromatic amines is 1. The van der Waals surface area contributed by atoms with Gasteiger partial charge in [-0.1, -0.05) is 23.7 Å². The number of hydrogen-bond donors (Lipinski definition) is 1. The lowest BCUT2D eigenvalue weighted by Crippen LogP contribution is -2.48. The van der Waals surface area contributed by atoms with Gasteiger partial charge in [-0.2, -0.15) is 0 Å². The van der Waals surface area contributed by atoms with Gasteiger partial charge in [-0.25, -0.2) is 0 Å². The highest BCUT2D eigenvalue weighted by Crippen LogP contribution is 2.34. The van der Waals surface area contributed by atoms with Crippen LogP contribution < -0.4 is 0 Å². The number of nitrogens with zero attached hydrogens (tertiary/aromatic N) is 1. The Kier molecular flexibility index (Phi) is 4.34. The van der Waals surface area contributed by atoms with Gasteiger partial charge in [-0.05, 0) is 36.8 Å². The Morgan fingerprint density at radius 3 is 2.57 bits per heavy atom. The third-order valence-electron chi connectivity index (χ3n) is 6.11. The van der Waals surface area contributed by atoms with Crippen molar-refractivity contribution < 1.29 is 14.3 Å². The first-order valence-electron chi connectivity index (χ1n) is 9.82. The molecule has 2 aliphatic heterocycles. The number of halogens is 1. The van der Waals surface area contributed by atoms with Crippen molar-refractivity contribution in [3.05, 3.63) is 47.0 Å². The predicted octanol–water partition coefficient (Wildman–Crippen LogP) is 4.44. The lowest BCUT2D eigenvalue weighted by molar-refractivity contribution is -0.187. The molecule has 0 saturated carbocycles. The van der Waals surface area contributed by atoms with E-state index < -0.39 is 5.79 Å². The van der Waals surface area contributed by atoms with Crippen molar-refractivity contribution in [2.24, 2.45) is 0 Å². The first-order valence-corrected chi connectivity index (χ1v) is 10.2. The quantitative estimate of drug-likeness (QED) is 0.694. The summed E-state index contributed by atoms with van der Waals surface area (Å²) in [6.45, 7) is 4.64. The minimum absolute atomic E-state index is 0.159. The molecule has 1 spiro atoms. The summed E-state index contributed by atoms with van der Waals surface area (Å²) in [5, 5.41) is 2.95. The van der Waals surface area contributed by atoms with Crippen LogP contribution in [0.25, 0.3) is 21.8 Å². The molecular formula is C22H23ClN2O3. The summed E-state index contributed by atoms with van der Waals surface area (Å²) in [4.78, 5) is 18.4. The molecule has 2 fully saturated rings.